The van der Waals surface area contributed by atoms with E-state index < -0.39 is 23.8 Å². The normalized spacial score (nSPS) is 11.5. The van der Waals surface area contributed by atoms with Gasteiger partial charge in [0.05, 0.1) is 17.0 Å². The molecule has 9 heteroatoms. The van der Waals surface area contributed by atoms with Crippen LogP contribution in [-0.2, 0) is 14.3 Å². The molecule has 0 saturated carbocycles. The molecule has 2 rings (SSSR count). The molecule has 26 heavy (non-hydrogen) atoms. The van der Waals surface area contributed by atoms with Crippen molar-refractivity contribution < 1.29 is 23.5 Å². The van der Waals surface area contributed by atoms with Gasteiger partial charge in [0.15, 0.2) is 6.10 Å². The van der Waals surface area contributed by atoms with E-state index >= 15 is 0 Å². The highest BCUT2D eigenvalue weighted by Gasteiger charge is 2.19. The Morgan fingerprint density at radius 3 is 2.73 bits per heavy atom. The first-order valence-corrected chi connectivity index (χ1v) is 8.89. The van der Waals surface area contributed by atoms with Crippen molar-refractivity contribution in [2.24, 2.45) is 0 Å². The van der Waals surface area contributed by atoms with E-state index in [4.69, 9.17) is 16.3 Å². The Kier molecular flexibility index (Phi) is 7.11. The Morgan fingerprint density at radius 2 is 2.08 bits per heavy atom. The summed E-state index contributed by atoms with van der Waals surface area (Å²) >= 11 is 6.92. The number of esters is 1. The van der Waals surface area contributed by atoms with E-state index in [0.717, 1.165) is 6.07 Å². The van der Waals surface area contributed by atoms with Crippen molar-refractivity contribution in [2.45, 2.75) is 19.4 Å². The highest BCUT2D eigenvalue weighted by atomic mass is 35.5. The Hall–Kier alpha value is -2.45. The van der Waals surface area contributed by atoms with Gasteiger partial charge < -0.3 is 15.4 Å². The molecule has 0 aliphatic rings. The lowest BCUT2D eigenvalue weighted by Gasteiger charge is -2.14. The Labute approximate surface area is 158 Å². The van der Waals surface area contributed by atoms with Crippen molar-refractivity contribution in [1.82, 2.24) is 5.32 Å². The third-order valence-corrected chi connectivity index (χ3v) is 4.33. The van der Waals surface area contributed by atoms with Crippen LogP contribution in [0.3, 0.4) is 0 Å². The van der Waals surface area contributed by atoms with Crippen LogP contribution >= 0.6 is 22.9 Å². The van der Waals surface area contributed by atoms with Crippen molar-refractivity contribution in [3.05, 3.63) is 51.4 Å². The van der Waals surface area contributed by atoms with E-state index in [1.807, 2.05) is 0 Å². The summed E-state index contributed by atoms with van der Waals surface area (Å²) < 4.78 is 18.6. The molecular weight excluding hydrogens is 383 g/mol. The van der Waals surface area contributed by atoms with E-state index in [1.54, 1.807) is 17.5 Å². The zero-order chi connectivity index (χ0) is 19.1. The van der Waals surface area contributed by atoms with Gasteiger partial charge in [-0.2, -0.15) is 0 Å². The van der Waals surface area contributed by atoms with Crippen LogP contribution in [0.1, 0.15) is 23.0 Å². The Morgan fingerprint density at radius 1 is 1.31 bits per heavy atom. The summed E-state index contributed by atoms with van der Waals surface area (Å²) in [5.41, 5.74) is -0.0643. The lowest BCUT2D eigenvalue weighted by atomic mass is 10.3. The molecule has 6 nitrogen and oxygen atoms in total. The zero-order valence-electron chi connectivity index (χ0n) is 13.8. The molecule has 0 spiro atoms. The second-order valence-corrected chi connectivity index (χ2v) is 6.61. The number of nitrogens with one attached hydrogen (secondary N) is 2. The van der Waals surface area contributed by atoms with E-state index in [-0.39, 0.29) is 29.6 Å². The van der Waals surface area contributed by atoms with Gasteiger partial charge in [-0.1, -0.05) is 17.7 Å². The highest BCUT2D eigenvalue weighted by Crippen LogP contribution is 2.19. The van der Waals surface area contributed by atoms with Gasteiger partial charge in [0, 0.05) is 11.6 Å². The summed E-state index contributed by atoms with van der Waals surface area (Å²) in [4.78, 5) is 36.0. The van der Waals surface area contributed by atoms with Gasteiger partial charge in [-0.25, -0.2) is 4.39 Å². The van der Waals surface area contributed by atoms with E-state index in [2.05, 4.69) is 10.6 Å². The molecule has 2 N–H and O–H groups in total. The number of rotatable bonds is 7. The van der Waals surface area contributed by atoms with Crippen molar-refractivity contribution in [1.29, 1.82) is 0 Å². The van der Waals surface area contributed by atoms with Crippen molar-refractivity contribution >= 4 is 46.4 Å². The Bertz CT molecular complexity index is 798. The van der Waals surface area contributed by atoms with Crippen molar-refractivity contribution in [3.8, 4) is 0 Å². The number of benzene rings is 1. The van der Waals surface area contributed by atoms with Gasteiger partial charge in [0.25, 0.3) is 11.8 Å². The fraction of sp³-hybridized carbons (Fsp3) is 0.235. The quantitative estimate of drug-likeness (QED) is 0.701. The number of carbonyl (C=O) groups excluding carboxylic acids is 3. The Balaban J connectivity index is 1.75. The van der Waals surface area contributed by atoms with Crippen LogP contribution in [0.15, 0.2) is 35.7 Å². The monoisotopic (exact) mass is 398 g/mol. The molecule has 1 heterocycles. The fourth-order valence-electron chi connectivity index (χ4n) is 1.91. The standard InChI is InChI=1S/C17H16ClFN2O4S/c1-10(16(23)21-13-5-4-11(18)9-12(13)19)25-15(22)6-7-20-17(24)14-3-2-8-26-14/h2-5,8-10H,6-7H2,1H3,(H,20,24)(H,21,23). The minimum Gasteiger partial charge on any atom is -0.452 e. The molecule has 0 aliphatic heterocycles. The molecule has 1 aromatic carbocycles. The predicted molar refractivity (Wildman–Crippen MR) is 96.9 cm³/mol. The third-order valence-electron chi connectivity index (χ3n) is 3.23. The molecule has 138 valence electrons. The molecule has 2 amide bonds. The number of halogens is 2. The molecule has 1 unspecified atom stereocenters. The number of carbonyl (C=O) groups is 3. The SMILES string of the molecule is CC(OC(=O)CCNC(=O)c1cccs1)C(=O)Nc1ccc(Cl)cc1F. The van der Waals surface area contributed by atoms with Crippen LogP contribution in [0.2, 0.25) is 5.02 Å². The van der Waals surface area contributed by atoms with E-state index in [9.17, 15) is 18.8 Å². The summed E-state index contributed by atoms with van der Waals surface area (Å²) in [6, 6.07) is 7.21. The van der Waals surface area contributed by atoms with Crippen molar-refractivity contribution in [2.75, 3.05) is 11.9 Å². The van der Waals surface area contributed by atoms with Crippen LogP contribution in [-0.4, -0.2) is 30.4 Å². The van der Waals surface area contributed by atoms with Crippen LogP contribution in [0, 0.1) is 5.82 Å². The second kappa shape index (κ2) is 9.30. The summed E-state index contributed by atoms with van der Waals surface area (Å²) in [6.07, 6.45) is -1.21. The largest absolute Gasteiger partial charge is 0.452 e. The summed E-state index contributed by atoms with van der Waals surface area (Å²) in [6.45, 7) is 1.45. The number of anilines is 1. The third kappa shape index (κ3) is 5.82. The van der Waals surface area contributed by atoms with Gasteiger partial charge in [-0.15, -0.1) is 11.3 Å². The minimum atomic E-state index is -1.12. The summed E-state index contributed by atoms with van der Waals surface area (Å²) in [7, 11) is 0. The van der Waals surface area contributed by atoms with Crippen molar-refractivity contribution in [3.63, 3.8) is 0 Å². The lowest BCUT2D eigenvalue weighted by molar-refractivity contribution is -0.153. The maximum Gasteiger partial charge on any atom is 0.308 e. The van der Waals surface area contributed by atoms with E-state index in [0.29, 0.717) is 4.88 Å². The molecule has 0 bridgehead atoms. The molecule has 0 fully saturated rings. The first-order chi connectivity index (χ1) is 12.4. The van der Waals surface area contributed by atoms with Gasteiger partial charge in [-0.3, -0.25) is 14.4 Å². The number of thiophene rings is 1. The zero-order valence-corrected chi connectivity index (χ0v) is 15.3. The fourth-order valence-corrected chi connectivity index (χ4v) is 2.71. The molecule has 1 aromatic heterocycles. The molecule has 0 radical (unpaired) electrons. The molecular formula is C17H16ClFN2O4S. The van der Waals surface area contributed by atoms with Crippen LogP contribution in [0.4, 0.5) is 10.1 Å². The van der Waals surface area contributed by atoms with Gasteiger partial charge >= 0.3 is 5.97 Å². The molecule has 0 saturated heterocycles. The first-order valence-electron chi connectivity index (χ1n) is 7.64. The molecule has 2 aromatic rings. The predicted octanol–water partition coefficient (Wildman–Crippen LogP) is 3.23. The summed E-state index contributed by atoms with van der Waals surface area (Å²) in [5, 5.41) is 6.87. The maximum absolute atomic E-state index is 13.6. The topological polar surface area (TPSA) is 84.5 Å². The van der Waals surface area contributed by atoms with Crippen LogP contribution in [0.25, 0.3) is 0 Å². The van der Waals surface area contributed by atoms with Crippen LogP contribution in [0.5, 0.6) is 0 Å². The number of hydrogen-bond donors (Lipinski definition) is 2. The van der Waals surface area contributed by atoms with Gasteiger partial charge in [-0.05, 0) is 36.6 Å². The van der Waals surface area contributed by atoms with E-state index in [1.165, 1.54) is 30.4 Å². The maximum atomic E-state index is 13.6. The summed E-state index contributed by atoms with van der Waals surface area (Å²) in [5.74, 6) is -2.31. The smallest absolute Gasteiger partial charge is 0.308 e. The minimum absolute atomic E-state index is 0.0643. The average molecular weight is 399 g/mol. The first kappa shape index (κ1) is 19.9. The van der Waals surface area contributed by atoms with Crippen LogP contribution < -0.4 is 10.6 Å². The highest BCUT2D eigenvalue weighted by molar-refractivity contribution is 7.12. The molecule has 1 atom stereocenters. The van der Waals surface area contributed by atoms with Gasteiger partial charge in [0.1, 0.15) is 5.82 Å². The number of ether oxygens (including phenoxy) is 1. The van der Waals surface area contributed by atoms with Gasteiger partial charge in [0.2, 0.25) is 0 Å². The average Bonchev–Trinajstić information content (AvgIpc) is 3.11. The molecule has 0 aliphatic carbocycles. The number of hydrogen-bond acceptors (Lipinski definition) is 5. The number of amides is 2. The second-order valence-electron chi connectivity index (χ2n) is 5.23. The lowest BCUT2D eigenvalue weighted by Crippen LogP contribution is -2.32.